The minimum Gasteiger partial charge on any atom is -0.378 e. The van der Waals surface area contributed by atoms with Gasteiger partial charge < -0.3 is 14.5 Å². The van der Waals surface area contributed by atoms with Gasteiger partial charge in [-0.2, -0.15) is 4.98 Å². The molecule has 0 saturated carbocycles. The molecule has 0 spiro atoms. The summed E-state index contributed by atoms with van der Waals surface area (Å²) < 4.78 is 5.33. The lowest BCUT2D eigenvalue weighted by molar-refractivity contribution is 0.122. The SMILES string of the molecule is CC1CN(c2cc(Cl)nc(N3CCOCC3)n2)C1. The van der Waals surface area contributed by atoms with E-state index < -0.39 is 0 Å². The number of halogens is 1. The van der Waals surface area contributed by atoms with Crippen molar-refractivity contribution in [2.45, 2.75) is 6.92 Å². The summed E-state index contributed by atoms with van der Waals surface area (Å²) in [6, 6.07) is 1.84. The number of anilines is 2. The molecule has 0 radical (unpaired) electrons. The summed E-state index contributed by atoms with van der Waals surface area (Å²) in [6.45, 7) is 7.46. The van der Waals surface area contributed by atoms with Gasteiger partial charge in [-0.15, -0.1) is 0 Å². The van der Waals surface area contributed by atoms with Gasteiger partial charge in [0.05, 0.1) is 13.2 Å². The quantitative estimate of drug-likeness (QED) is 0.759. The van der Waals surface area contributed by atoms with Crippen LogP contribution >= 0.6 is 11.6 Å². The van der Waals surface area contributed by atoms with Crippen molar-refractivity contribution in [3.05, 3.63) is 11.2 Å². The normalized spacial score (nSPS) is 21.0. The van der Waals surface area contributed by atoms with Crippen LogP contribution in [0.25, 0.3) is 0 Å². The highest BCUT2D eigenvalue weighted by Crippen LogP contribution is 2.26. The Balaban J connectivity index is 1.81. The zero-order chi connectivity index (χ0) is 12.5. The van der Waals surface area contributed by atoms with E-state index in [9.17, 15) is 0 Å². The summed E-state index contributed by atoms with van der Waals surface area (Å²) in [4.78, 5) is 13.3. The van der Waals surface area contributed by atoms with Crippen molar-refractivity contribution in [2.24, 2.45) is 5.92 Å². The van der Waals surface area contributed by atoms with E-state index in [1.165, 1.54) is 0 Å². The van der Waals surface area contributed by atoms with Crippen LogP contribution in [-0.2, 0) is 4.74 Å². The number of hydrogen-bond acceptors (Lipinski definition) is 5. The molecule has 3 heterocycles. The van der Waals surface area contributed by atoms with Crippen LogP contribution < -0.4 is 9.80 Å². The van der Waals surface area contributed by atoms with Gasteiger partial charge in [-0.3, -0.25) is 0 Å². The second-order valence-corrected chi connectivity index (χ2v) is 5.35. The highest BCUT2D eigenvalue weighted by Gasteiger charge is 2.25. The smallest absolute Gasteiger partial charge is 0.228 e. The Morgan fingerprint density at radius 1 is 1.22 bits per heavy atom. The molecule has 2 saturated heterocycles. The monoisotopic (exact) mass is 268 g/mol. The van der Waals surface area contributed by atoms with E-state index in [4.69, 9.17) is 16.3 Å². The molecule has 5 nitrogen and oxygen atoms in total. The van der Waals surface area contributed by atoms with Crippen LogP contribution in [0.2, 0.25) is 5.15 Å². The van der Waals surface area contributed by atoms with Crippen LogP contribution in [0.3, 0.4) is 0 Å². The third-order valence-corrected chi connectivity index (χ3v) is 3.55. The van der Waals surface area contributed by atoms with Gasteiger partial charge in [-0.1, -0.05) is 18.5 Å². The van der Waals surface area contributed by atoms with E-state index in [1.807, 2.05) is 6.07 Å². The Labute approximate surface area is 112 Å². The predicted octanol–water partition coefficient (Wildman–Crippen LogP) is 1.42. The first-order valence-electron chi connectivity index (χ1n) is 6.34. The number of ether oxygens (including phenoxy) is 1. The van der Waals surface area contributed by atoms with Crippen molar-refractivity contribution in [2.75, 3.05) is 49.2 Å². The minimum absolute atomic E-state index is 0.515. The maximum Gasteiger partial charge on any atom is 0.228 e. The van der Waals surface area contributed by atoms with Crippen LogP contribution in [0.4, 0.5) is 11.8 Å². The zero-order valence-electron chi connectivity index (χ0n) is 10.5. The van der Waals surface area contributed by atoms with Crippen molar-refractivity contribution in [3.63, 3.8) is 0 Å². The molecule has 18 heavy (non-hydrogen) atoms. The average Bonchev–Trinajstić information content (AvgIpc) is 2.35. The number of morpholine rings is 1. The second-order valence-electron chi connectivity index (χ2n) is 4.96. The second kappa shape index (κ2) is 4.90. The van der Waals surface area contributed by atoms with Crippen LogP contribution in [0, 0.1) is 5.92 Å². The molecular weight excluding hydrogens is 252 g/mol. The molecule has 0 amide bonds. The van der Waals surface area contributed by atoms with E-state index in [2.05, 4.69) is 26.7 Å². The summed E-state index contributed by atoms with van der Waals surface area (Å²) in [5, 5.41) is 0.515. The molecule has 6 heteroatoms. The molecule has 98 valence electrons. The van der Waals surface area contributed by atoms with Crippen LogP contribution in [0.5, 0.6) is 0 Å². The van der Waals surface area contributed by atoms with Gasteiger partial charge >= 0.3 is 0 Å². The third kappa shape index (κ3) is 2.37. The fourth-order valence-corrected chi connectivity index (χ4v) is 2.52. The first-order chi connectivity index (χ1) is 8.72. The molecule has 0 atom stereocenters. The van der Waals surface area contributed by atoms with Crippen molar-refractivity contribution < 1.29 is 4.74 Å². The lowest BCUT2D eigenvalue weighted by atomic mass is 10.0. The van der Waals surface area contributed by atoms with Gasteiger partial charge in [0.15, 0.2) is 0 Å². The van der Waals surface area contributed by atoms with Crippen molar-refractivity contribution in [3.8, 4) is 0 Å². The van der Waals surface area contributed by atoms with Gasteiger partial charge in [-0.25, -0.2) is 4.98 Å². The molecule has 0 bridgehead atoms. The van der Waals surface area contributed by atoms with Crippen molar-refractivity contribution in [1.82, 2.24) is 9.97 Å². The maximum atomic E-state index is 6.10. The van der Waals surface area contributed by atoms with E-state index in [0.29, 0.717) is 5.15 Å². The molecule has 0 N–H and O–H groups in total. The van der Waals surface area contributed by atoms with Gasteiger partial charge in [0.1, 0.15) is 11.0 Å². The predicted molar refractivity (Wildman–Crippen MR) is 71.5 cm³/mol. The zero-order valence-corrected chi connectivity index (χ0v) is 11.2. The minimum atomic E-state index is 0.515. The Bertz CT molecular complexity index is 430. The largest absolute Gasteiger partial charge is 0.378 e. The Morgan fingerprint density at radius 3 is 2.61 bits per heavy atom. The van der Waals surface area contributed by atoms with Crippen LogP contribution in [0.1, 0.15) is 6.92 Å². The maximum absolute atomic E-state index is 6.10. The molecule has 0 unspecified atom stereocenters. The lowest BCUT2D eigenvalue weighted by Gasteiger charge is -2.38. The first kappa shape index (κ1) is 12.0. The molecule has 2 aliphatic heterocycles. The Hall–Kier alpha value is -1.07. The standard InChI is InChI=1S/C12H17ClN4O/c1-9-7-17(8-9)11-6-10(13)14-12(15-11)16-2-4-18-5-3-16/h6,9H,2-5,7-8H2,1H3. The number of aromatic nitrogens is 2. The molecule has 0 aliphatic carbocycles. The fraction of sp³-hybridized carbons (Fsp3) is 0.667. The Morgan fingerprint density at radius 2 is 1.94 bits per heavy atom. The number of hydrogen-bond donors (Lipinski definition) is 0. The lowest BCUT2D eigenvalue weighted by Crippen LogP contribution is -2.46. The van der Waals surface area contributed by atoms with E-state index in [1.54, 1.807) is 0 Å². The average molecular weight is 269 g/mol. The van der Waals surface area contributed by atoms with Crippen LogP contribution in [-0.4, -0.2) is 49.4 Å². The highest BCUT2D eigenvalue weighted by atomic mass is 35.5. The molecule has 1 aromatic heterocycles. The highest BCUT2D eigenvalue weighted by molar-refractivity contribution is 6.29. The summed E-state index contributed by atoms with van der Waals surface area (Å²) >= 11 is 6.10. The summed E-state index contributed by atoms with van der Waals surface area (Å²) in [5.74, 6) is 2.40. The van der Waals surface area contributed by atoms with Gasteiger partial charge in [0.25, 0.3) is 0 Å². The van der Waals surface area contributed by atoms with Gasteiger partial charge in [0, 0.05) is 32.2 Å². The van der Waals surface area contributed by atoms with E-state index in [0.717, 1.165) is 57.1 Å². The van der Waals surface area contributed by atoms with E-state index >= 15 is 0 Å². The third-order valence-electron chi connectivity index (χ3n) is 3.35. The van der Waals surface area contributed by atoms with Crippen molar-refractivity contribution in [1.29, 1.82) is 0 Å². The molecular formula is C12H17ClN4O. The number of rotatable bonds is 2. The molecule has 3 rings (SSSR count). The Kier molecular flexibility index (Phi) is 3.26. The fourth-order valence-electron chi connectivity index (χ4n) is 2.35. The molecule has 1 aromatic rings. The van der Waals surface area contributed by atoms with Gasteiger partial charge in [-0.05, 0) is 5.92 Å². The first-order valence-corrected chi connectivity index (χ1v) is 6.72. The topological polar surface area (TPSA) is 41.5 Å². The molecule has 0 aromatic carbocycles. The van der Waals surface area contributed by atoms with E-state index in [-0.39, 0.29) is 0 Å². The molecule has 2 aliphatic rings. The van der Waals surface area contributed by atoms with Crippen LogP contribution in [0.15, 0.2) is 6.07 Å². The summed E-state index contributed by atoms with van der Waals surface area (Å²) in [5.41, 5.74) is 0. The van der Waals surface area contributed by atoms with Crippen molar-refractivity contribution >= 4 is 23.4 Å². The summed E-state index contributed by atoms with van der Waals surface area (Å²) in [7, 11) is 0. The number of nitrogens with zero attached hydrogens (tertiary/aromatic N) is 4. The molecule has 2 fully saturated rings. The van der Waals surface area contributed by atoms with Gasteiger partial charge in [0.2, 0.25) is 5.95 Å². The summed E-state index contributed by atoms with van der Waals surface area (Å²) in [6.07, 6.45) is 0.